The average molecular weight is 188 g/mol. The van der Waals surface area contributed by atoms with Crippen LogP contribution in [-0.2, 0) is 0 Å². The summed E-state index contributed by atoms with van der Waals surface area (Å²) in [5.74, 6) is 0.735. The van der Waals surface area contributed by atoms with E-state index < -0.39 is 0 Å². The summed E-state index contributed by atoms with van der Waals surface area (Å²) in [6.07, 6.45) is 1.27. The lowest BCUT2D eigenvalue weighted by molar-refractivity contribution is 0.563. The van der Waals surface area contributed by atoms with Gasteiger partial charge in [0.05, 0.1) is 0 Å². The Kier molecular flexibility index (Phi) is 1.77. The molecule has 0 aromatic heterocycles. The second kappa shape index (κ2) is 2.99. The highest BCUT2D eigenvalue weighted by molar-refractivity contribution is 5.61. The molecular weight excluding hydrogens is 172 g/mol. The van der Waals surface area contributed by atoms with Crippen molar-refractivity contribution in [2.24, 2.45) is 0 Å². The molecule has 0 fully saturated rings. The fourth-order valence-electron chi connectivity index (χ4n) is 2.74. The van der Waals surface area contributed by atoms with Gasteiger partial charge >= 0.3 is 0 Å². The monoisotopic (exact) mass is 188 g/mol. The van der Waals surface area contributed by atoms with E-state index in [1.165, 1.54) is 17.7 Å². The molecule has 2 atom stereocenters. The van der Waals surface area contributed by atoms with E-state index in [1.54, 1.807) is 5.56 Å². The number of benzene rings is 1. The zero-order valence-electron chi connectivity index (χ0n) is 8.51. The molecule has 1 aromatic carbocycles. The molecule has 0 spiro atoms. The van der Waals surface area contributed by atoms with E-state index in [4.69, 9.17) is 0 Å². The zero-order chi connectivity index (χ0) is 9.54. The van der Waals surface area contributed by atoms with Crippen molar-refractivity contribution in [2.45, 2.75) is 25.3 Å². The fourth-order valence-corrected chi connectivity index (χ4v) is 2.74. The van der Waals surface area contributed by atoms with Crippen molar-refractivity contribution in [3.63, 3.8) is 0 Å². The molecule has 0 saturated heterocycles. The van der Waals surface area contributed by atoms with Crippen LogP contribution in [0, 0.1) is 0 Å². The van der Waals surface area contributed by atoms with Crippen LogP contribution >= 0.6 is 0 Å². The van der Waals surface area contributed by atoms with Crippen LogP contribution in [0.1, 0.15) is 36.4 Å². The molecule has 1 aromatic rings. The van der Waals surface area contributed by atoms with Crippen LogP contribution in [0.3, 0.4) is 0 Å². The quantitative estimate of drug-likeness (QED) is 0.652. The number of anilines is 1. The van der Waals surface area contributed by atoms with Crippen molar-refractivity contribution in [3.05, 3.63) is 29.3 Å². The minimum absolute atomic E-state index is 0.509. The van der Waals surface area contributed by atoms with E-state index in [1.807, 2.05) is 0 Å². The standard InChI is InChI=1S/C12H16N2/c1-8-10-3-2-4-11-12(10)9(7-14-11)5-6-13-8/h2-4,8-9,13-14H,5-7H2,1H3. The van der Waals surface area contributed by atoms with E-state index in [2.05, 4.69) is 35.8 Å². The van der Waals surface area contributed by atoms with Gasteiger partial charge in [-0.15, -0.1) is 0 Å². The number of rotatable bonds is 0. The van der Waals surface area contributed by atoms with Crippen LogP contribution in [0.25, 0.3) is 0 Å². The predicted molar refractivity (Wildman–Crippen MR) is 58.7 cm³/mol. The summed E-state index contributed by atoms with van der Waals surface area (Å²) >= 11 is 0. The molecule has 0 radical (unpaired) electrons. The van der Waals surface area contributed by atoms with Gasteiger partial charge in [-0.2, -0.15) is 0 Å². The first-order chi connectivity index (χ1) is 6.86. The minimum atomic E-state index is 0.509. The largest absolute Gasteiger partial charge is 0.384 e. The Balaban J connectivity index is 2.18. The second-order valence-electron chi connectivity index (χ2n) is 4.35. The lowest BCUT2D eigenvalue weighted by Gasteiger charge is -2.14. The topological polar surface area (TPSA) is 24.1 Å². The molecule has 14 heavy (non-hydrogen) atoms. The van der Waals surface area contributed by atoms with Crippen LogP contribution < -0.4 is 10.6 Å². The van der Waals surface area contributed by atoms with Crippen LogP contribution in [0.15, 0.2) is 18.2 Å². The van der Waals surface area contributed by atoms with Gasteiger partial charge in [0.25, 0.3) is 0 Å². The summed E-state index contributed by atoms with van der Waals surface area (Å²) in [6.45, 7) is 4.53. The highest BCUT2D eigenvalue weighted by Crippen LogP contribution is 2.39. The lowest BCUT2D eigenvalue weighted by Crippen LogP contribution is -2.18. The summed E-state index contributed by atoms with van der Waals surface area (Å²) in [5.41, 5.74) is 4.43. The van der Waals surface area contributed by atoms with E-state index >= 15 is 0 Å². The van der Waals surface area contributed by atoms with Gasteiger partial charge in [0.1, 0.15) is 0 Å². The maximum Gasteiger partial charge on any atom is 0.0379 e. The molecule has 0 saturated carbocycles. The van der Waals surface area contributed by atoms with Crippen LogP contribution in [0.2, 0.25) is 0 Å². The molecule has 2 aliphatic rings. The summed E-state index contributed by atoms with van der Waals surface area (Å²) in [7, 11) is 0. The van der Waals surface area contributed by atoms with E-state index in [-0.39, 0.29) is 0 Å². The van der Waals surface area contributed by atoms with Gasteiger partial charge in [-0.3, -0.25) is 0 Å². The van der Waals surface area contributed by atoms with Gasteiger partial charge < -0.3 is 10.6 Å². The van der Waals surface area contributed by atoms with Crippen molar-refractivity contribution in [1.29, 1.82) is 0 Å². The van der Waals surface area contributed by atoms with Gasteiger partial charge in [0, 0.05) is 24.2 Å². The van der Waals surface area contributed by atoms with Crippen LogP contribution in [0.5, 0.6) is 0 Å². The Bertz CT molecular complexity index is 359. The van der Waals surface area contributed by atoms with Crippen molar-refractivity contribution >= 4 is 5.69 Å². The zero-order valence-corrected chi connectivity index (χ0v) is 8.51. The Morgan fingerprint density at radius 2 is 2.29 bits per heavy atom. The average Bonchev–Trinajstić information content (AvgIpc) is 2.53. The predicted octanol–water partition coefficient (Wildman–Crippen LogP) is 2.25. The molecule has 0 bridgehead atoms. The van der Waals surface area contributed by atoms with Gasteiger partial charge in [-0.25, -0.2) is 0 Å². The fraction of sp³-hybridized carbons (Fsp3) is 0.500. The molecular formula is C12H16N2. The summed E-state index contributed by atoms with van der Waals surface area (Å²) in [4.78, 5) is 0. The van der Waals surface area contributed by atoms with E-state index in [9.17, 15) is 0 Å². The SMILES string of the molecule is CC1NCCC2CNc3cccc1c32. The molecule has 2 aliphatic heterocycles. The first kappa shape index (κ1) is 8.30. The molecule has 74 valence electrons. The summed E-state index contributed by atoms with van der Waals surface area (Å²) in [5, 5.41) is 7.07. The van der Waals surface area contributed by atoms with E-state index in [0.29, 0.717) is 6.04 Å². The first-order valence-electron chi connectivity index (χ1n) is 5.46. The van der Waals surface area contributed by atoms with Crippen LogP contribution in [0.4, 0.5) is 5.69 Å². The Morgan fingerprint density at radius 1 is 1.36 bits per heavy atom. The Hall–Kier alpha value is -1.02. The number of hydrogen-bond acceptors (Lipinski definition) is 2. The minimum Gasteiger partial charge on any atom is -0.384 e. The molecule has 0 amide bonds. The van der Waals surface area contributed by atoms with Crippen molar-refractivity contribution in [1.82, 2.24) is 5.32 Å². The molecule has 0 aliphatic carbocycles. The summed E-state index contributed by atoms with van der Waals surface area (Å²) < 4.78 is 0. The summed E-state index contributed by atoms with van der Waals surface area (Å²) in [6, 6.07) is 7.14. The van der Waals surface area contributed by atoms with Crippen molar-refractivity contribution < 1.29 is 0 Å². The molecule has 2 nitrogen and oxygen atoms in total. The van der Waals surface area contributed by atoms with E-state index in [0.717, 1.165) is 19.0 Å². The smallest absolute Gasteiger partial charge is 0.0379 e. The Labute approximate surface area is 84.7 Å². The van der Waals surface area contributed by atoms with Crippen molar-refractivity contribution in [3.8, 4) is 0 Å². The highest BCUT2D eigenvalue weighted by Gasteiger charge is 2.28. The maximum absolute atomic E-state index is 3.56. The maximum atomic E-state index is 3.56. The third-order valence-corrected chi connectivity index (χ3v) is 3.50. The normalized spacial score (nSPS) is 29.2. The van der Waals surface area contributed by atoms with Gasteiger partial charge in [-0.05, 0) is 37.1 Å². The lowest BCUT2D eigenvalue weighted by atomic mass is 9.92. The number of nitrogens with one attached hydrogen (secondary N) is 2. The molecule has 3 rings (SSSR count). The second-order valence-corrected chi connectivity index (χ2v) is 4.35. The van der Waals surface area contributed by atoms with Gasteiger partial charge in [0.15, 0.2) is 0 Å². The molecule has 2 heteroatoms. The molecule has 2 unspecified atom stereocenters. The third-order valence-electron chi connectivity index (χ3n) is 3.50. The van der Waals surface area contributed by atoms with Gasteiger partial charge in [-0.1, -0.05) is 12.1 Å². The van der Waals surface area contributed by atoms with Crippen molar-refractivity contribution in [2.75, 3.05) is 18.4 Å². The molecule has 2 heterocycles. The third kappa shape index (κ3) is 1.07. The van der Waals surface area contributed by atoms with Crippen LogP contribution in [-0.4, -0.2) is 13.1 Å². The highest BCUT2D eigenvalue weighted by atomic mass is 15.0. The van der Waals surface area contributed by atoms with Gasteiger partial charge in [0.2, 0.25) is 0 Å². The molecule has 2 N–H and O–H groups in total. The number of hydrogen-bond donors (Lipinski definition) is 2. The Morgan fingerprint density at radius 3 is 3.21 bits per heavy atom. The first-order valence-corrected chi connectivity index (χ1v) is 5.46.